The Morgan fingerprint density at radius 2 is 1.80 bits per heavy atom. The summed E-state index contributed by atoms with van der Waals surface area (Å²) in [4.78, 5) is 11.3. The SMILES string of the molecule is CCCCCCCC(=O)NCCCCO. The maximum Gasteiger partial charge on any atom is 0.219 e. The molecule has 0 rings (SSSR count). The Labute approximate surface area is 93.3 Å². The number of aliphatic hydroxyl groups excluding tert-OH is 1. The third-order valence-electron chi connectivity index (χ3n) is 2.41. The Morgan fingerprint density at radius 1 is 1.07 bits per heavy atom. The first-order valence-electron chi connectivity index (χ1n) is 6.18. The van der Waals surface area contributed by atoms with E-state index in [1.54, 1.807) is 0 Å². The summed E-state index contributed by atoms with van der Waals surface area (Å²) in [7, 11) is 0. The van der Waals surface area contributed by atoms with Crippen molar-refractivity contribution in [3.63, 3.8) is 0 Å². The fourth-order valence-corrected chi connectivity index (χ4v) is 1.44. The first kappa shape index (κ1) is 14.4. The second-order valence-corrected chi connectivity index (χ2v) is 3.94. The van der Waals surface area contributed by atoms with Gasteiger partial charge in [-0.25, -0.2) is 0 Å². The third kappa shape index (κ3) is 11.4. The molecular formula is C12H25NO2. The lowest BCUT2D eigenvalue weighted by Crippen LogP contribution is -2.24. The van der Waals surface area contributed by atoms with Crippen LogP contribution >= 0.6 is 0 Å². The lowest BCUT2D eigenvalue weighted by Gasteiger charge is -2.04. The number of carbonyl (C=O) groups is 1. The van der Waals surface area contributed by atoms with Crippen molar-refractivity contribution < 1.29 is 9.90 Å². The minimum Gasteiger partial charge on any atom is -0.396 e. The van der Waals surface area contributed by atoms with E-state index in [9.17, 15) is 4.79 Å². The first-order valence-corrected chi connectivity index (χ1v) is 6.18. The van der Waals surface area contributed by atoms with E-state index in [2.05, 4.69) is 12.2 Å². The molecule has 0 saturated carbocycles. The summed E-state index contributed by atoms with van der Waals surface area (Å²) < 4.78 is 0. The van der Waals surface area contributed by atoms with Gasteiger partial charge in [0.15, 0.2) is 0 Å². The van der Waals surface area contributed by atoms with E-state index in [-0.39, 0.29) is 12.5 Å². The third-order valence-corrected chi connectivity index (χ3v) is 2.41. The fraction of sp³-hybridized carbons (Fsp3) is 0.917. The van der Waals surface area contributed by atoms with E-state index in [0.29, 0.717) is 13.0 Å². The zero-order valence-electron chi connectivity index (χ0n) is 9.93. The van der Waals surface area contributed by atoms with Crippen molar-refractivity contribution in [2.75, 3.05) is 13.2 Å². The van der Waals surface area contributed by atoms with Gasteiger partial charge in [-0.3, -0.25) is 4.79 Å². The Morgan fingerprint density at radius 3 is 2.47 bits per heavy atom. The van der Waals surface area contributed by atoms with Crippen molar-refractivity contribution in [1.82, 2.24) is 5.32 Å². The van der Waals surface area contributed by atoms with Crippen LogP contribution in [0.25, 0.3) is 0 Å². The van der Waals surface area contributed by atoms with Crippen molar-refractivity contribution in [2.24, 2.45) is 0 Å². The van der Waals surface area contributed by atoms with Crippen LogP contribution in [0, 0.1) is 0 Å². The number of hydrogen-bond acceptors (Lipinski definition) is 2. The molecule has 2 N–H and O–H groups in total. The molecule has 0 bridgehead atoms. The highest BCUT2D eigenvalue weighted by Crippen LogP contribution is 2.04. The van der Waals surface area contributed by atoms with Gasteiger partial charge in [0, 0.05) is 19.6 Å². The van der Waals surface area contributed by atoms with Gasteiger partial charge in [0.2, 0.25) is 5.91 Å². The van der Waals surface area contributed by atoms with Crippen molar-refractivity contribution in [3.8, 4) is 0 Å². The predicted molar refractivity (Wildman–Crippen MR) is 62.7 cm³/mol. The number of nitrogens with one attached hydrogen (secondary N) is 1. The minimum atomic E-state index is 0.157. The summed E-state index contributed by atoms with van der Waals surface area (Å²) in [5.74, 6) is 0.157. The molecule has 0 saturated heterocycles. The van der Waals surface area contributed by atoms with Crippen molar-refractivity contribution in [2.45, 2.75) is 58.3 Å². The second-order valence-electron chi connectivity index (χ2n) is 3.94. The smallest absolute Gasteiger partial charge is 0.219 e. The van der Waals surface area contributed by atoms with Crippen LogP contribution in [-0.2, 0) is 4.79 Å². The van der Waals surface area contributed by atoms with Gasteiger partial charge in [-0.1, -0.05) is 32.6 Å². The van der Waals surface area contributed by atoms with E-state index in [1.165, 1.54) is 19.3 Å². The van der Waals surface area contributed by atoms with E-state index >= 15 is 0 Å². The van der Waals surface area contributed by atoms with Gasteiger partial charge in [0.25, 0.3) is 0 Å². The van der Waals surface area contributed by atoms with Gasteiger partial charge in [0.05, 0.1) is 0 Å². The van der Waals surface area contributed by atoms with Gasteiger partial charge in [-0.05, 0) is 19.3 Å². The molecule has 0 radical (unpaired) electrons. The molecule has 0 aliphatic carbocycles. The van der Waals surface area contributed by atoms with Crippen molar-refractivity contribution >= 4 is 5.91 Å². The van der Waals surface area contributed by atoms with Crippen LogP contribution in [-0.4, -0.2) is 24.2 Å². The molecule has 0 spiro atoms. The summed E-state index contributed by atoms with van der Waals surface area (Å²) in [5.41, 5.74) is 0. The number of rotatable bonds is 10. The minimum absolute atomic E-state index is 0.157. The maximum absolute atomic E-state index is 11.3. The molecule has 0 aromatic rings. The van der Waals surface area contributed by atoms with Crippen LogP contribution < -0.4 is 5.32 Å². The molecule has 0 aromatic heterocycles. The van der Waals surface area contributed by atoms with Crippen molar-refractivity contribution in [1.29, 1.82) is 0 Å². The quantitative estimate of drug-likeness (QED) is 0.549. The molecular weight excluding hydrogens is 190 g/mol. The molecule has 3 heteroatoms. The van der Waals surface area contributed by atoms with Crippen LogP contribution in [0.1, 0.15) is 58.3 Å². The van der Waals surface area contributed by atoms with Gasteiger partial charge in [-0.15, -0.1) is 0 Å². The molecule has 0 aliphatic heterocycles. The highest BCUT2D eigenvalue weighted by Gasteiger charge is 1.99. The van der Waals surface area contributed by atoms with Crippen LogP contribution in [0.5, 0.6) is 0 Å². The van der Waals surface area contributed by atoms with E-state index in [0.717, 1.165) is 25.7 Å². The summed E-state index contributed by atoms with van der Waals surface area (Å²) in [5, 5.41) is 11.4. The summed E-state index contributed by atoms with van der Waals surface area (Å²) in [6.07, 6.45) is 8.24. The molecule has 0 atom stereocenters. The van der Waals surface area contributed by atoms with E-state index in [4.69, 9.17) is 5.11 Å². The lowest BCUT2D eigenvalue weighted by molar-refractivity contribution is -0.121. The fourth-order valence-electron chi connectivity index (χ4n) is 1.44. The van der Waals surface area contributed by atoms with Gasteiger partial charge >= 0.3 is 0 Å². The van der Waals surface area contributed by atoms with Crippen molar-refractivity contribution in [3.05, 3.63) is 0 Å². The van der Waals surface area contributed by atoms with Crippen LogP contribution in [0.4, 0.5) is 0 Å². The molecule has 0 unspecified atom stereocenters. The molecule has 0 fully saturated rings. The molecule has 1 amide bonds. The highest BCUT2D eigenvalue weighted by atomic mass is 16.2. The van der Waals surface area contributed by atoms with E-state index in [1.807, 2.05) is 0 Å². The molecule has 0 aromatic carbocycles. The zero-order chi connectivity index (χ0) is 11.4. The summed E-state index contributed by atoms with van der Waals surface area (Å²) in [6, 6.07) is 0. The topological polar surface area (TPSA) is 49.3 Å². The molecule has 0 aliphatic rings. The average Bonchev–Trinajstić information content (AvgIpc) is 2.24. The maximum atomic E-state index is 11.3. The first-order chi connectivity index (χ1) is 7.31. The molecule has 3 nitrogen and oxygen atoms in total. The highest BCUT2D eigenvalue weighted by molar-refractivity contribution is 5.75. The Hall–Kier alpha value is -0.570. The van der Waals surface area contributed by atoms with Crippen LogP contribution in [0.3, 0.4) is 0 Å². The second kappa shape index (κ2) is 11.5. The molecule has 90 valence electrons. The zero-order valence-corrected chi connectivity index (χ0v) is 9.93. The van der Waals surface area contributed by atoms with E-state index < -0.39 is 0 Å². The number of aliphatic hydroxyl groups is 1. The largest absolute Gasteiger partial charge is 0.396 e. The monoisotopic (exact) mass is 215 g/mol. The average molecular weight is 215 g/mol. The Balaban J connectivity index is 3.11. The number of amides is 1. The molecule has 15 heavy (non-hydrogen) atoms. The van der Waals surface area contributed by atoms with Gasteiger partial charge in [0.1, 0.15) is 0 Å². The summed E-state index contributed by atoms with van der Waals surface area (Å²) in [6.45, 7) is 3.11. The molecule has 0 heterocycles. The number of hydrogen-bond donors (Lipinski definition) is 2. The summed E-state index contributed by atoms with van der Waals surface area (Å²) >= 11 is 0. The lowest BCUT2D eigenvalue weighted by atomic mass is 10.1. The number of unbranched alkanes of at least 4 members (excludes halogenated alkanes) is 5. The van der Waals surface area contributed by atoms with Crippen LogP contribution in [0.15, 0.2) is 0 Å². The Kier molecular flexibility index (Phi) is 11.1. The standard InChI is InChI=1S/C12H25NO2/c1-2-3-4-5-6-9-12(15)13-10-7-8-11-14/h14H,2-11H2,1H3,(H,13,15). The van der Waals surface area contributed by atoms with Crippen LogP contribution in [0.2, 0.25) is 0 Å². The van der Waals surface area contributed by atoms with Gasteiger partial charge < -0.3 is 10.4 Å². The Bertz CT molecular complexity index is 149. The predicted octanol–water partition coefficient (Wildman–Crippen LogP) is 2.24. The van der Waals surface area contributed by atoms with Gasteiger partial charge in [-0.2, -0.15) is 0 Å². The normalized spacial score (nSPS) is 10.3. The number of carbonyl (C=O) groups excluding carboxylic acids is 1.